The van der Waals surface area contributed by atoms with E-state index in [1.165, 1.54) is 0 Å². The van der Waals surface area contributed by atoms with Crippen molar-refractivity contribution in [3.05, 3.63) is 0 Å². The molecule has 0 saturated carbocycles. The highest BCUT2D eigenvalue weighted by Crippen LogP contribution is 2.08. The Balaban J connectivity index is 4.54. The van der Waals surface area contributed by atoms with Gasteiger partial charge in [-0.3, -0.25) is 0 Å². The standard InChI is InChI=1S/C7H12O9/c8-1-2(16-7(14)15)3(9)4(10)5(11)6(12)13/h2-5,8-11H,1H2,(H,12,13)(H,14,15)/t2-,3-,4+,5-/m1/s1. The molecule has 0 bridgehead atoms. The van der Waals surface area contributed by atoms with Crippen LogP contribution in [0.1, 0.15) is 0 Å². The number of carboxylic acid groups (broad SMARTS) is 2. The van der Waals surface area contributed by atoms with Gasteiger partial charge in [-0.25, -0.2) is 9.59 Å². The summed E-state index contributed by atoms with van der Waals surface area (Å²) in [6.45, 7) is -0.975. The number of hydrogen-bond donors (Lipinski definition) is 6. The molecule has 0 aliphatic carbocycles. The van der Waals surface area contributed by atoms with Gasteiger partial charge in [0.25, 0.3) is 0 Å². The zero-order chi connectivity index (χ0) is 12.9. The largest absolute Gasteiger partial charge is 0.506 e. The predicted octanol–water partition coefficient (Wildman–Crippen LogP) is -2.79. The van der Waals surface area contributed by atoms with Crippen LogP contribution < -0.4 is 0 Å². The zero-order valence-corrected chi connectivity index (χ0v) is 7.92. The third kappa shape index (κ3) is 3.98. The Morgan fingerprint density at radius 1 is 1.06 bits per heavy atom. The highest BCUT2D eigenvalue weighted by atomic mass is 16.7. The van der Waals surface area contributed by atoms with Crippen LogP contribution in [0.5, 0.6) is 0 Å². The van der Waals surface area contributed by atoms with E-state index in [1.807, 2.05) is 0 Å². The quantitative estimate of drug-likeness (QED) is 0.269. The molecular formula is C7H12O9. The molecule has 0 heterocycles. The molecule has 6 N–H and O–H groups in total. The fourth-order valence-corrected chi connectivity index (χ4v) is 0.897. The molecule has 94 valence electrons. The molecule has 9 nitrogen and oxygen atoms in total. The molecule has 0 aliphatic heterocycles. The van der Waals surface area contributed by atoms with Crippen molar-refractivity contribution in [3.8, 4) is 0 Å². The van der Waals surface area contributed by atoms with E-state index in [-0.39, 0.29) is 0 Å². The van der Waals surface area contributed by atoms with E-state index in [0.717, 1.165) is 0 Å². The number of ether oxygens (including phenoxy) is 1. The van der Waals surface area contributed by atoms with E-state index in [4.69, 9.17) is 25.5 Å². The van der Waals surface area contributed by atoms with Crippen LogP contribution in [-0.4, -0.2) is 73.8 Å². The molecule has 0 rings (SSSR count). The van der Waals surface area contributed by atoms with Crippen molar-refractivity contribution in [1.29, 1.82) is 0 Å². The highest BCUT2D eigenvalue weighted by Gasteiger charge is 2.36. The van der Waals surface area contributed by atoms with Gasteiger partial charge in [-0.15, -0.1) is 0 Å². The van der Waals surface area contributed by atoms with Gasteiger partial charge in [-0.1, -0.05) is 0 Å². The van der Waals surface area contributed by atoms with E-state index < -0.39 is 43.1 Å². The van der Waals surface area contributed by atoms with Crippen LogP contribution in [0.3, 0.4) is 0 Å². The molecule has 9 heteroatoms. The number of aliphatic carboxylic acids is 1. The molecule has 0 amide bonds. The van der Waals surface area contributed by atoms with Crippen molar-refractivity contribution in [3.63, 3.8) is 0 Å². The Bertz CT molecular complexity index is 250. The van der Waals surface area contributed by atoms with Crippen LogP contribution in [0.2, 0.25) is 0 Å². The molecule has 0 aromatic rings. The Morgan fingerprint density at radius 3 is 1.88 bits per heavy atom. The predicted molar refractivity (Wildman–Crippen MR) is 45.6 cm³/mol. The van der Waals surface area contributed by atoms with Gasteiger partial charge in [0.15, 0.2) is 12.2 Å². The summed E-state index contributed by atoms with van der Waals surface area (Å²) in [6, 6.07) is 0. The molecule has 16 heavy (non-hydrogen) atoms. The Morgan fingerprint density at radius 2 is 1.56 bits per heavy atom. The summed E-state index contributed by atoms with van der Waals surface area (Å²) in [5.74, 6) is -1.81. The van der Waals surface area contributed by atoms with Gasteiger partial charge in [0.2, 0.25) is 0 Å². The van der Waals surface area contributed by atoms with Gasteiger partial charge in [0, 0.05) is 0 Å². The van der Waals surface area contributed by atoms with Crippen molar-refractivity contribution in [2.24, 2.45) is 0 Å². The third-order valence-electron chi connectivity index (χ3n) is 1.74. The molecule has 0 unspecified atom stereocenters. The second-order valence-corrected chi connectivity index (χ2v) is 2.87. The lowest BCUT2D eigenvalue weighted by atomic mass is 10.0. The van der Waals surface area contributed by atoms with Crippen molar-refractivity contribution < 1.29 is 45.0 Å². The molecule has 0 radical (unpaired) electrons. The Labute approximate surface area is 89.1 Å². The van der Waals surface area contributed by atoms with Gasteiger partial charge >= 0.3 is 12.1 Å². The van der Waals surface area contributed by atoms with Crippen LogP contribution in [0, 0.1) is 0 Å². The number of carbonyl (C=O) groups is 2. The van der Waals surface area contributed by atoms with Crippen molar-refractivity contribution in [2.75, 3.05) is 6.61 Å². The Kier molecular flexibility index (Phi) is 5.67. The van der Waals surface area contributed by atoms with Crippen LogP contribution in [-0.2, 0) is 9.53 Å². The topological polar surface area (TPSA) is 165 Å². The lowest BCUT2D eigenvalue weighted by Gasteiger charge is -2.25. The maximum Gasteiger partial charge on any atom is 0.506 e. The summed E-state index contributed by atoms with van der Waals surface area (Å²) < 4.78 is 3.96. The van der Waals surface area contributed by atoms with E-state index in [1.54, 1.807) is 0 Å². The number of aliphatic hydroxyl groups excluding tert-OH is 4. The zero-order valence-electron chi connectivity index (χ0n) is 7.92. The van der Waals surface area contributed by atoms with Crippen molar-refractivity contribution in [1.82, 2.24) is 0 Å². The van der Waals surface area contributed by atoms with Gasteiger partial charge in [0.05, 0.1) is 6.61 Å². The van der Waals surface area contributed by atoms with Crippen LogP contribution >= 0.6 is 0 Å². The number of carboxylic acids is 1. The second kappa shape index (κ2) is 6.23. The molecule has 0 fully saturated rings. The molecule has 0 aromatic heterocycles. The SMILES string of the molecule is O=C(O)O[C@H](CO)[C@@H](O)[C@H](O)[C@@H](O)C(=O)O. The summed E-state index contributed by atoms with van der Waals surface area (Å²) in [4.78, 5) is 20.3. The van der Waals surface area contributed by atoms with E-state index >= 15 is 0 Å². The fourth-order valence-electron chi connectivity index (χ4n) is 0.897. The van der Waals surface area contributed by atoms with Crippen LogP contribution in [0.4, 0.5) is 4.79 Å². The number of hydrogen-bond acceptors (Lipinski definition) is 7. The molecule has 0 spiro atoms. The minimum Gasteiger partial charge on any atom is -0.479 e. The van der Waals surface area contributed by atoms with Crippen LogP contribution in [0.25, 0.3) is 0 Å². The van der Waals surface area contributed by atoms with Crippen molar-refractivity contribution >= 4 is 12.1 Å². The van der Waals surface area contributed by atoms with E-state index in [2.05, 4.69) is 4.74 Å². The van der Waals surface area contributed by atoms with Gasteiger partial charge < -0.3 is 35.4 Å². The monoisotopic (exact) mass is 240 g/mol. The lowest BCUT2D eigenvalue weighted by Crippen LogP contribution is -2.50. The summed E-state index contributed by atoms with van der Waals surface area (Å²) in [7, 11) is 0. The van der Waals surface area contributed by atoms with Crippen molar-refractivity contribution in [2.45, 2.75) is 24.4 Å². The van der Waals surface area contributed by atoms with E-state index in [0.29, 0.717) is 0 Å². The van der Waals surface area contributed by atoms with Gasteiger partial charge in [-0.2, -0.15) is 0 Å². The number of rotatable bonds is 6. The first-order valence-corrected chi connectivity index (χ1v) is 4.08. The Hall–Kier alpha value is -1.42. The first-order chi connectivity index (χ1) is 7.31. The summed E-state index contributed by atoms with van der Waals surface area (Å²) in [6.07, 6.45) is -10.1. The minimum atomic E-state index is -2.32. The third-order valence-corrected chi connectivity index (χ3v) is 1.74. The molecular weight excluding hydrogens is 228 g/mol. The fraction of sp³-hybridized carbons (Fsp3) is 0.714. The lowest BCUT2D eigenvalue weighted by molar-refractivity contribution is -0.165. The maximum absolute atomic E-state index is 10.2. The number of aliphatic hydroxyl groups is 4. The van der Waals surface area contributed by atoms with Crippen LogP contribution in [0.15, 0.2) is 0 Å². The molecule has 4 atom stereocenters. The van der Waals surface area contributed by atoms with E-state index in [9.17, 15) is 14.7 Å². The molecule has 0 aliphatic rings. The molecule has 0 saturated heterocycles. The first-order valence-electron chi connectivity index (χ1n) is 4.08. The minimum absolute atomic E-state index is 0.975. The smallest absolute Gasteiger partial charge is 0.479 e. The highest BCUT2D eigenvalue weighted by molar-refractivity contribution is 5.72. The molecule has 0 aromatic carbocycles. The normalized spacial score (nSPS) is 18.2. The second-order valence-electron chi connectivity index (χ2n) is 2.87. The summed E-state index contributed by atoms with van der Waals surface area (Å²) >= 11 is 0. The summed E-state index contributed by atoms with van der Waals surface area (Å²) in [5, 5.41) is 52.3. The maximum atomic E-state index is 10.2. The average Bonchev–Trinajstić information content (AvgIpc) is 2.22. The van der Waals surface area contributed by atoms with Gasteiger partial charge in [0.1, 0.15) is 12.2 Å². The van der Waals surface area contributed by atoms with Gasteiger partial charge in [-0.05, 0) is 0 Å². The summed E-state index contributed by atoms with van der Waals surface area (Å²) in [5.41, 5.74) is 0. The first kappa shape index (κ1) is 14.6. The average molecular weight is 240 g/mol.